The summed E-state index contributed by atoms with van der Waals surface area (Å²) in [6.07, 6.45) is -2.86. The number of nitrogens with one attached hydrogen (secondary N) is 2. The van der Waals surface area contributed by atoms with E-state index in [0.29, 0.717) is 18.1 Å². The van der Waals surface area contributed by atoms with Gasteiger partial charge in [0.15, 0.2) is 0 Å². The summed E-state index contributed by atoms with van der Waals surface area (Å²) in [5.41, 5.74) is 0.592. The Hall–Kier alpha value is -3.16. The highest BCUT2D eigenvalue weighted by atomic mass is 19.4. The van der Waals surface area contributed by atoms with Gasteiger partial charge in [0.2, 0.25) is 5.95 Å². The zero-order chi connectivity index (χ0) is 18.6. The van der Waals surface area contributed by atoms with Gasteiger partial charge in [-0.2, -0.15) is 18.2 Å². The minimum Gasteiger partial charge on any atom is -0.366 e. The van der Waals surface area contributed by atoms with Gasteiger partial charge in [-0.3, -0.25) is 0 Å². The van der Waals surface area contributed by atoms with Crippen molar-refractivity contribution in [2.75, 3.05) is 10.6 Å². The molecule has 0 spiro atoms. The molecule has 3 aromatic rings. The van der Waals surface area contributed by atoms with Crippen LogP contribution in [0.15, 0.2) is 60.8 Å². The molecule has 3 rings (SSSR count). The van der Waals surface area contributed by atoms with E-state index < -0.39 is 11.7 Å². The Kier molecular flexibility index (Phi) is 5.01. The lowest BCUT2D eigenvalue weighted by Crippen LogP contribution is -2.06. The van der Waals surface area contributed by atoms with Crippen molar-refractivity contribution in [2.45, 2.75) is 12.7 Å². The smallest absolute Gasteiger partial charge is 0.366 e. The van der Waals surface area contributed by atoms with Crippen LogP contribution in [0.2, 0.25) is 0 Å². The van der Waals surface area contributed by atoms with Crippen molar-refractivity contribution < 1.29 is 17.6 Å². The van der Waals surface area contributed by atoms with Gasteiger partial charge in [0.1, 0.15) is 11.6 Å². The predicted molar refractivity (Wildman–Crippen MR) is 90.5 cm³/mol. The lowest BCUT2D eigenvalue weighted by molar-refractivity contribution is -0.137. The molecule has 4 nitrogen and oxygen atoms in total. The Morgan fingerprint density at radius 1 is 0.885 bits per heavy atom. The lowest BCUT2D eigenvalue weighted by atomic mass is 10.2. The van der Waals surface area contributed by atoms with E-state index in [1.165, 1.54) is 30.5 Å². The second-order valence-corrected chi connectivity index (χ2v) is 5.45. The number of anilines is 3. The Morgan fingerprint density at radius 3 is 2.23 bits per heavy atom. The van der Waals surface area contributed by atoms with Crippen molar-refractivity contribution in [2.24, 2.45) is 0 Å². The first-order valence-corrected chi connectivity index (χ1v) is 7.66. The number of alkyl halides is 3. The van der Waals surface area contributed by atoms with Gasteiger partial charge in [-0.1, -0.05) is 12.1 Å². The maximum atomic E-state index is 12.9. The van der Waals surface area contributed by atoms with Gasteiger partial charge in [0.05, 0.1) is 5.56 Å². The molecule has 0 saturated carbocycles. The molecule has 1 aromatic heterocycles. The Labute approximate surface area is 146 Å². The zero-order valence-corrected chi connectivity index (χ0v) is 13.4. The molecule has 0 aliphatic carbocycles. The number of hydrogen-bond acceptors (Lipinski definition) is 4. The monoisotopic (exact) mass is 362 g/mol. The average molecular weight is 362 g/mol. The van der Waals surface area contributed by atoms with Gasteiger partial charge in [-0.25, -0.2) is 9.37 Å². The summed E-state index contributed by atoms with van der Waals surface area (Å²) in [5, 5.41) is 5.92. The number of hydrogen-bond donors (Lipinski definition) is 2. The first-order valence-electron chi connectivity index (χ1n) is 7.66. The fourth-order valence-electron chi connectivity index (χ4n) is 2.18. The molecule has 0 fully saturated rings. The van der Waals surface area contributed by atoms with Crippen molar-refractivity contribution in [3.8, 4) is 0 Å². The third kappa shape index (κ3) is 4.69. The largest absolute Gasteiger partial charge is 0.416 e. The van der Waals surface area contributed by atoms with Crippen LogP contribution in [0.25, 0.3) is 0 Å². The van der Waals surface area contributed by atoms with Gasteiger partial charge in [0, 0.05) is 18.4 Å². The quantitative estimate of drug-likeness (QED) is 0.628. The summed E-state index contributed by atoms with van der Waals surface area (Å²) < 4.78 is 50.6. The summed E-state index contributed by atoms with van der Waals surface area (Å²) in [7, 11) is 0. The number of rotatable bonds is 5. The summed E-state index contributed by atoms with van der Waals surface area (Å²) in [4.78, 5) is 8.28. The topological polar surface area (TPSA) is 49.8 Å². The van der Waals surface area contributed by atoms with Crippen LogP contribution in [-0.4, -0.2) is 9.97 Å². The fraction of sp³-hybridized carbons (Fsp3) is 0.111. The average Bonchev–Trinajstić information content (AvgIpc) is 2.61. The van der Waals surface area contributed by atoms with E-state index in [1.807, 2.05) is 0 Å². The van der Waals surface area contributed by atoms with Crippen LogP contribution in [0.4, 0.5) is 35.0 Å². The van der Waals surface area contributed by atoms with E-state index in [0.717, 1.165) is 17.7 Å². The van der Waals surface area contributed by atoms with E-state index in [-0.39, 0.29) is 11.8 Å². The third-order valence-corrected chi connectivity index (χ3v) is 3.51. The molecule has 0 bridgehead atoms. The standard InChI is InChI=1S/C18H14F4N4/c19-14-5-1-12(2-6-14)11-24-16-9-10-23-17(26-16)25-15-7-3-13(4-8-15)18(20,21)22/h1-10H,11H2,(H2,23,24,25,26). The molecule has 8 heteroatoms. The molecule has 134 valence electrons. The van der Waals surface area contributed by atoms with Crippen LogP contribution in [-0.2, 0) is 12.7 Å². The Bertz CT molecular complexity index is 862. The van der Waals surface area contributed by atoms with Gasteiger partial charge in [0.25, 0.3) is 0 Å². The molecule has 26 heavy (non-hydrogen) atoms. The van der Waals surface area contributed by atoms with E-state index in [2.05, 4.69) is 20.6 Å². The molecule has 1 heterocycles. The van der Waals surface area contributed by atoms with Crippen LogP contribution >= 0.6 is 0 Å². The van der Waals surface area contributed by atoms with Crippen LogP contribution in [0.3, 0.4) is 0 Å². The van der Waals surface area contributed by atoms with Crippen molar-refractivity contribution in [3.05, 3.63) is 77.7 Å². The van der Waals surface area contributed by atoms with Crippen LogP contribution in [0.1, 0.15) is 11.1 Å². The van der Waals surface area contributed by atoms with Crippen molar-refractivity contribution in [1.29, 1.82) is 0 Å². The SMILES string of the molecule is Fc1ccc(CNc2ccnc(Nc3ccc(C(F)(F)F)cc3)n2)cc1. The minimum absolute atomic E-state index is 0.244. The molecule has 0 unspecified atom stereocenters. The highest BCUT2D eigenvalue weighted by molar-refractivity contribution is 5.55. The predicted octanol–water partition coefficient (Wildman–Crippen LogP) is 4.99. The second kappa shape index (κ2) is 7.38. The molecule has 0 aliphatic rings. The fourth-order valence-corrected chi connectivity index (χ4v) is 2.18. The summed E-state index contributed by atoms with van der Waals surface area (Å²) >= 11 is 0. The Morgan fingerprint density at radius 2 is 1.58 bits per heavy atom. The molecule has 0 radical (unpaired) electrons. The molecule has 0 aliphatic heterocycles. The maximum Gasteiger partial charge on any atom is 0.416 e. The van der Waals surface area contributed by atoms with E-state index in [4.69, 9.17) is 0 Å². The summed E-state index contributed by atoms with van der Waals surface area (Å²) in [5.74, 6) is 0.464. The first kappa shape index (κ1) is 17.7. The number of nitrogens with zero attached hydrogens (tertiary/aromatic N) is 2. The van der Waals surface area contributed by atoms with E-state index in [1.54, 1.807) is 18.2 Å². The van der Waals surface area contributed by atoms with Crippen LogP contribution in [0.5, 0.6) is 0 Å². The molecule has 0 amide bonds. The number of halogens is 4. The second-order valence-electron chi connectivity index (χ2n) is 5.45. The molecule has 0 saturated heterocycles. The van der Waals surface area contributed by atoms with Crippen molar-refractivity contribution in [1.82, 2.24) is 9.97 Å². The zero-order valence-electron chi connectivity index (χ0n) is 13.4. The van der Waals surface area contributed by atoms with Gasteiger partial charge >= 0.3 is 6.18 Å². The maximum absolute atomic E-state index is 12.9. The number of aromatic nitrogens is 2. The first-order chi connectivity index (χ1) is 12.4. The highest BCUT2D eigenvalue weighted by Gasteiger charge is 2.29. The Balaban J connectivity index is 1.64. The van der Waals surface area contributed by atoms with Crippen LogP contribution in [0, 0.1) is 5.82 Å². The highest BCUT2D eigenvalue weighted by Crippen LogP contribution is 2.30. The molecule has 2 N–H and O–H groups in total. The summed E-state index contributed by atoms with van der Waals surface area (Å²) in [6, 6.07) is 12.3. The lowest BCUT2D eigenvalue weighted by Gasteiger charge is -2.10. The van der Waals surface area contributed by atoms with Crippen LogP contribution < -0.4 is 10.6 Å². The van der Waals surface area contributed by atoms with E-state index >= 15 is 0 Å². The summed E-state index contributed by atoms with van der Waals surface area (Å²) in [6.45, 7) is 0.441. The molecular formula is C18H14F4N4. The van der Waals surface area contributed by atoms with Gasteiger partial charge in [-0.15, -0.1) is 0 Å². The van der Waals surface area contributed by atoms with Gasteiger partial charge in [-0.05, 0) is 48.0 Å². The normalized spacial score (nSPS) is 11.2. The van der Waals surface area contributed by atoms with Crippen molar-refractivity contribution in [3.63, 3.8) is 0 Å². The van der Waals surface area contributed by atoms with Crippen molar-refractivity contribution >= 4 is 17.5 Å². The number of benzene rings is 2. The van der Waals surface area contributed by atoms with E-state index in [9.17, 15) is 17.6 Å². The van der Waals surface area contributed by atoms with Gasteiger partial charge < -0.3 is 10.6 Å². The molecule has 2 aromatic carbocycles. The molecule has 0 atom stereocenters. The minimum atomic E-state index is -4.38. The molecular weight excluding hydrogens is 348 g/mol. The third-order valence-electron chi connectivity index (χ3n) is 3.51.